The second kappa shape index (κ2) is 7.34. The van der Waals surface area contributed by atoms with Gasteiger partial charge in [0.15, 0.2) is 11.5 Å². The Morgan fingerprint density at radius 2 is 2.13 bits per heavy atom. The molecule has 0 saturated heterocycles. The number of halogens is 2. The zero-order valence-electron chi connectivity index (χ0n) is 11.9. The first-order valence-electron chi connectivity index (χ1n) is 6.30. The Bertz CT molecular complexity index is 780. The van der Waals surface area contributed by atoms with Gasteiger partial charge in [0.25, 0.3) is 0 Å². The number of carboxylic acids is 1. The molecule has 0 atom stereocenters. The summed E-state index contributed by atoms with van der Waals surface area (Å²) in [6.45, 7) is 0. The minimum atomic E-state index is -1.06. The van der Waals surface area contributed by atoms with Crippen LogP contribution in [0.1, 0.15) is 15.9 Å². The Balaban J connectivity index is 2.21. The predicted octanol–water partition coefficient (Wildman–Crippen LogP) is 3.96. The van der Waals surface area contributed by atoms with Gasteiger partial charge in [-0.05, 0) is 46.3 Å². The number of phenols is 1. The van der Waals surface area contributed by atoms with Crippen LogP contribution in [0.4, 0.5) is 5.69 Å². The van der Waals surface area contributed by atoms with Crippen molar-refractivity contribution in [1.82, 2.24) is 0 Å². The summed E-state index contributed by atoms with van der Waals surface area (Å²) in [5.74, 6) is -0.751. The molecule has 2 aromatic carbocycles. The molecule has 2 rings (SSSR count). The highest BCUT2D eigenvalue weighted by Crippen LogP contribution is 2.31. The molecule has 0 aliphatic heterocycles. The van der Waals surface area contributed by atoms with Gasteiger partial charge in [0.2, 0.25) is 0 Å². The van der Waals surface area contributed by atoms with Crippen LogP contribution in [0.3, 0.4) is 0 Å². The summed E-state index contributed by atoms with van der Waals surface area (Å²) in [6, 6.07) is 7.33. The Kier molecular flexibility index (Phi) is 5.46. The molecule has 2 aromatic rings. The lowest BCUT2D eigenvalue weighted by Gasteiger charge is -2.07. The fourth-order valence-corrected chi connectivity index (χ4v) is 2.32. The highest BCUT2D eigenvalue weighted by Gasteiger charge is 2.08. The maximum Gasteiger partial charge on any atom is 0.335 e. The van der Waals surface area contributed by atoms with Crippen LogP contribution >= 0.6 is 27.5 Å². The van der Waals surface area contributed by atoms with Crippen LogP contribution in [0.15, 0.2) is 39.9 Å². The van der Waals surface area contributed by atoms with Crippen molar-refractivity contribution >= 4 is 45.4 Å². The normalized spacial score (nSPS) is 10.7. The largest absolute Gasteiger partial charge is 0.504 e. The maximum absolute atomic E-state index is 10.9. The number of carboxylic acid groups (broad SMARTS) is 1. The van der Waals surface area contributed by atoms with E-state index < -0.39 is 5.97 Å². The third kappa shape index (κ3) is 4.14. The van der Waals surface area contributed by atoms with Crippen LogP contribution in [0, 0.1) is 0 Å². The maximum atomic E-state index is 10.9. The van der Waals surface area contributed by atoms with E-state index in [0.29, 0.717) is 26.5 Å². The molecule has 0 radical (unpaired) electrons. The highest BCUT2D eigenvalue weighted by molar-refractivity contribution is 9.10. The van der Waals surface area contributed by atoms with Crippen molar-refractivity contribution in [2.45, 2.75) is 0 Å². The van der Waals surface area contributed by atoms with Crippen LogP contribution in [0.25, 0.3) is 0 Å². The molecule has 0 aliphatic carbocycles. The third-order valence-electron chi connectivity index (χ3n) is 2.90. The van der Waals surface area contributed by atoms with Crippen LogP contribution in [0.5, 0.6) is 11.5 Å². The molecule has 0 heterocycles. The molecular weight excluding hydrogens is 388 g/mol. The number of carbonyl (C=O) groups is 1. The fourth-order valence-electron chi connectivity index (χ4n) is 1.74. The molecule has 0 fully saturated rings. The molecule has 0 saturated carbocycles. The highest BCUT2D eigenvalue weighted by atomic mass is 79.9. The third-order valence-corrected chi connectivity index (χ3v) is 3.92. The summed E-state index contributed by atoms with van der Waals surface area (Å²) >= 11 is 9.32. The Morgan fingerprint density at radius 3 is 2.78 bits per heavy atom. The lowest BCUT2D eigenvalue weighted by atomic mass is 10.2. The van der Waals surface area contributed by atoms with Gasteiger partial charge in [0.05, 0.1) is 29.6 Å². The first kappa shape index (κ1) is 17.1. The van der Waals surface area contributed by atoms with E-state index in [4.69, 9.17) is 21.4 Å². The number of anilines is 1. The number of methoxy groups -OCH3 is 1. The quantitative estimate of drug-likeness (QED) is 0.523. The summed E-state index contributed by atoms with van der Waals surface area (Å²) in [5, 5.41) is 23.1. The molecule has 0 aliphatic rings. The van der Waals surface area contributed by atoms with Gasteiger partial charge in [-0.25, -0.2) is 4.79 Å². The van der Waals surface area contributed by atoms with E-state index in [1.807, 2.05) is 0 Å². The van der Waals surface area contributed by atoms with Gasteiger partial charge in [-0.3, -0.25) is 5.43 Å². The smallest absolute Gasteiger partial charge is 0.335 e. The molecular formula is C15H12BrClN2O4. The number of hydrogen-bond acceptors (Lipinski definition) is 5. The second-order valence-electron chi connectivity index (χ2n) is 4.42. The van der Waals surface area contributed by atoms with Crippen molar-refractivity contribution in [2.24, 2.45) is 5.10 Å². The summed E-state index contributed by atoms with van der Waals surface area (Å²) in [4.78, 5) is 10.9. The van der Waals surface area contributed by atoms with Crippen molar-refractivity contribution in [3.63, 3.8) is 0 Å². The average molecular weight is 400 g/mol. The lowest BCUT2D eigenvalue weighted by molar-refractivity contribution is 0.0697. The minimum absolute atomic E-state index is 0.0249. The molecule has 8 heteroatoms. The van der Waals surface area contributed by atoms with E-state index in [1.165, 1.54) is 37.6 Å². The number of hydrogen-bond donors (Lipinski definition) is 3. The van der Waals surface area contributed by atoms with Crippen LogP contribution in [-0.2, 0) is 0 Å². The number of phenolic OH excluding ortho intramolecular Hbond substituents is 1. The SMILES string of the molecule is COc1cc(Br)c(/C=N\Nc2cc(C(=O)O)ccc2Cl)cc1O. The van der Waals surface area contributed by atoms with E-state index in [2.05, 4.69) is 26.5 Å². The second-order valence-corrected chi connectivity index (χ2v) is 5.68. The van der Waals surface area contributed by atoms with E-state index in [9.17, 15) is 9.90 Å². The molecule has 6 nitrogen and oxygen atoms in total. The molecule has 23 heavy (non-hydrogen) atoms. The zero-order valence-corrected chi connectivity index (χ0v) is 14.2. The minimum Gasteiger partial charge on any atom is -0.504 e. The van der Waals surface area contributed by atoms with Gasteiger partial charge < -0.3 is 14.9 Å². The van der Waals surface area contributed by atoms with Gasteiger partial charge in [0, 0.05) is 10.0 Å². The van der Waals surface area contributed by atoms with Crippen molar-refractivity contribution in [2.75, 3.05) is 12.5 Å². The van der Waals surface area contributed by atoms with E-state index >= 15 is 0 Å². The number of rotatable bonds is 5. The van der Waals surface area contributed by atoms with E-state index in [0.717, 1.165) is 0 Å². The zero-order chi connectivity index (χ0) is 17.0. The Morgan fingerprint density at radius 1 is 1.39 bits per heavy atom. The van der Waals surface area contributed by atoms with Crippen molar-refractivity contribution < 1.29 is 19.7 Å². The summed E-state index contributed by atoms with van der Waals surface area (Å²) in [5.41, 5.74) is 3.72. The lowest BCUT2D eigenvalue weighted by Crippen LogP contribution is -1.99. The summed E-state index contributed by atoms with van der Waals surface area (Å²) < 4.78 is 5.66. The number of benzene rings is 2. The van der Waals surface area contributed by atoms with E-state index in [-0.39, 0.29) is 11.3 Å². The number of aromatic hydroxyl groups is 1. The summed E-state index contributed by atoms with van der Waals surface area (Å²) in [7, 11) is 1.45. The standard InChI is InChI=1S/C15H12BrClN2O4/c1-23-14-6-10(16)9(5-13(14)20)7-18-19-12-4-8(15(21)22)2-3-11(12)17/h2-7,19-20H,1H3,(H,21,22)/b18-7-. The van der Waals surface area contributed by atoms with Crippen molar-refractivity contribution in [3.8, 4) is 11.5 Å². The fraction of sp³-hybridized carbons (Fsp3) is 0.0667. The molecule has 3 N–H and O–H groups in total. The number of nitrogens with zero attached hydrogens (tertiary/aromatic N) is 1. The van der Waals surface area contributed by atoms with Gasteiger partial charge in [-0.1, -0.05) is 11.6 Å². The number of nitrogens with one attached hydrogen (secondary N) is 1. The molecule has 120 valence electrons. The van der Waals surface area contributed by atoms with Crippen LogP contribution < -0.4 is 10.2 Å². The van der Waals surface area contributed by atoms with Crippen molar-refractivity contribution in [1.29, 1.82) is 0 Å². The average Bonchev–Trinajstić information content (AvgIpc) is 2.51. The van der Waals surface area contributed by atoms with E-state index in [1.54, 1.807) is 6.07 Å². The molecule has 0 spiro atoms. The molecule has 0 unspecified atom stereocenters. The number of aromatic carboxylic acids is 1. The molecule has 0 amide bonds. The number of hydrazone groups is 1. The van der Waals surface area contributed by atoms with Crippen LogP contribution in [0.2, 0.25) is 5.02 Å². The van der Waals surface area contributed by atoms with Gasteiger partial charge in [0.1, 0.15) is 0 Å². The predicted molar refractivity (Wildman–Crippen MR) is 92.0 cm³/mol. The molecule has 0 bridgehead atoms. The first-order chi connectivity index (χ1) is 10.9. The van der Waals surface area contributed by atoms with Gasteiger partial charge in [-0.2, -0.15) is 5.10 Å². The van der Waals surface area contributed by atoms with Gasteiger partial charge >= 0.3 is 5.97 Å². The van der Waals surface area contributed by atoms with Crippen molar-refractivity contribution in [3.05, 3.63) is 51.0 Å². The monoisotopic (exact) mass is 398 g/mol. The first-order valence-corrected chi connectivity index (χ1v) is 7.48. The molecule has 0 aromatic heterocycles. The Labute approximate surface area is 145 Å². The van der Waals surface area contributed by atoms with Crippen LogP contribution in [-0.4, -0.2) is 29.5 Å². The Hall–Kier alpha value is -2.25. The van der Waals surface area contributed by atoms with Gasteiger partial charge in [-0.15, -0.1) is 0 Å². The topological polar surface area (TPSA) is 91.2 Å². The number of ether oxygens (including phenoxy) is 1. The summed E-state index contributed by atoms with van der Waals surface area (Å²) in [6.07, 6.45) is 1.45.